The number of ether oxygens (including phenoxy) is 1. The quantitative estimate of drug-likeness (QED) is 0.902. The summed E-state index contributed by atoms with van der Waals surface area (Å²) in [4.78, 5) is 26.0. The van der Waals surface area contributed by atoms with Crippen molar-refractivity contribution in [3.63, 3.8) is 0 Å². The first-order valence-electron chi connectivity index (χ1n) is 9.18. The minimum Gasteiger partial charge on any atom is -0.447 e. The smallest absolute Gasteiger partial charge is 0.407 e. The van der Waals surface area contributed by atoms with E-state index in [0.29, 0.717) is 26.0 Å². The van der Waals surface area contributed by atoms with Crippen molar-refractivity contribution in [3.05, 3.63) is 71.0 Å². The van der Waals surface area contributed by atoms with Crippen LogP contribution in [0.1, 0.15) is 35.6 Å². The van der Waals surface area contributed by atoms with Gasteiger partial charge in [0.1, 0.15) is 12.4 Å². The second-order valence-corrected chi connectivity index (χ2v) is 6.97. The molecule has 5 nitrogen and oxygen atoms in total. The van der Waals surface area contributed by atoms with Crippen LogP contribution in [0, 0.1) is 5.82 Å². The summed E-state index contributed by atoms with van der Waals surface area (Å²) in [5.41, 5.74) is 3.20. The van der Waals surface area contributed by atoms with Gasteiger partial charge in [-0.1, -0.05) is 36.4 Å². The van der Waals surface area contributed by atoms with E-state index >= 15 is 0 Å². The summed E-state index contributed by atoms with van der Waals surface area (Å²) >= 11 is 0. The van der Waals surface area contributed by atoms with Gasteiger partial charge >= 0.3 is 6.09 Å². The van der Waals surface area contributed by atoms with E-state index in [4.69, 9.17) is 4.74 Å². The zero-order valence-corrected chi connectivity index (χ0v) is 14.9. The molecule has 0 spiro atoms. The number of amides is 2. The number of benzene rings is 2. The molecular formula is C21H21FN2O3. The molecule has 1 saturated heterocycles. The fraction of sp³-hybridized carbons (Fsp3) is 0.333. The van der Waals surface area contributed by atoms with Crippen LogP contribution in [0.4, 0.5) is 9.18 Å². The van der Waals surface area contributed by atoms with Crippen LogP contribution in [0.5, 0.6) is 0 Å². The number of halogens is 1. The maximum Gasteiger partial charge on any atom is 0.407 e. The highest BCUT2D eigenvalue weighted by atomic mass is 19.1. The third kappa shape index (κ3) is 3.65. The Kier molecular flexibility index (Phi) is 4.79. The third-order valence-electron chi connectivity index (χ3n) is 5.23. The van der Waals surface area contributed by atoms with Crippen molar-refractivity contribution in [2.45, 2.75) is 31.3 Å². The van der Waals surface area contributed by atoms with E-state index in [1.54, 1.807) is 12.1 Å². The maximum atomic E-state index is 13.4. The van der Waals surface area contributed by atoms with Gasteiger partial charge in [0.15, 0.2) is 0 Å². The van der Waals surface area contributed by atoms with Gasteiger partial charge in [-0.25, -0.2) is 9.18 Å². The van der Waals surface area contributed by atoms with Crippen molar-refractivity contribution in [2.75, 3.05) is 13.2 Å². The summed E-state index contributed by atoms with van der Waals surface area (Å²) in [7, 11) is 0. The summed E-state index contributed by atoms with van der Waals surface area (Å²) in [6.45, 7) is 0.918. The zero-order chi connectivity index (χ0) is 18.8. The number of hydrogen-bond donors (Lipinski definition) is 1. The number of carbonyl (C=O) groups is 2. The van der Waals surface area contributed by atoms with Crippen molar-refractivity contribution in [1.82, 2.24) is 10.2 Å². The molecule has 2 amide bonds. The van der Waals surface area contributed by atoms with Crippen LogP contribution in [0.3, 0.4) is 0 Å². The van der Waals surface area contributed by atoms with Crippen LogP contribution in [0.15, 0.2) is 48.5 Å². The summed E-state index contributed by atoms with van der Waals surface area (Å²) in [6.07, 6.45) is 1.24. The van der Waals surface area contributed by atoms with Crippen LogP contribution in [-0.4, -0.2) is 36.1 Å². The van der Waals surface area contributed by atoms with Crippen LogP contribution in [0.2, 0.25) is 0 Å². The van der Waals surface area contributed by atoms with Crippen molar-refractivity contribution in [3.8, 4) is 0 Å². The van der Waals surface area contributed by atoms with Gasteiger partial charge < -0.3 is 15.0 Å². The Morgan fingerprint density at radius 1 is 1.19 bits per heavy atom. The average molecular weight is 368 g/mol. The Hall–Kier alpha value is -2.89. The zero-order valence-electron chi connectivity index (χ0n) is 14.9. The monoisotopic (exact) mass is 368 g/mol. The van der Waals surface area contributed by atoms with E-state index in [0.717, 1.165) is 17.5 Å². The normalized spacial score (nSPS) is 21.4. The molecule has 0 radical (unpaired) electrons. The summed E-state index contributed by atoms with van der Waals surface area (Å²) in [5, 5.41) is 2.70. The lowest BCUT2D eigenvalue weighted by Gasteiger charge is -2.38. The van der Waals surface area contributed by atoms with Gasteiger partial charge in [0.05, 0.1) is 12.1 Å². The minimum atomic E-state index is -0.427. The SMILES string of the molecule is O=C1N[C@H](CCC(=O)N2CCc3ccccc3[C@@H]2c2ccc(F)cc2)CO1. The number of nitrogens with one attached hydrogen (secondary N) is 1. The van der Waals surface area contributed by atoms with Gasteiger partial charge in [-0.2, -0.15) is 0 Å². The first-order valence-corrected chi connectivity index (χ1v) is 9.18. The molecule has 0 aliphatic carbocycles. The average Bonchev–Trinajstić information content (AvgIpc) is 3.11. The predicted molar refractivity (Wildman–Crippen MR) is 97.6 cm³/mol. The highest BCUT2D eigenvalue weighted by Crippen LogP contribution is 2.35. The molecule has 2 aromatic carbocycles. The van der Waals surface area contributed by atoms with Crippen molar-refractivity contribution in [1.29, 1.82) is 0 Å². The van der Waals surface area contributed by atoms with Crippen LogP contribution >= 0.6 is 0 Å². The Labute approximate surface area is 157 Å². The highest BCUT2D eigenvalue weighted by Gasteiger charge is 2.32. The fourth-order valence-corrected chi connectivity index (χ4v) is 3.86. The van der Waals surface area contributed by atoms with E-state index < -0.39 is 6.09 Å². The molecule has 1 N–H and O–H groups in total. The third-order valence-corrected chi connectivity index (χ3v) is 5.23. The Morgan fingerprint density at radius 2 is 1.96 bits per heavy atom. The molecule has 2 aliphatic rings. The number of rotatable bonds is 4. The molecule has 2 aromatic rings. The highest BCUT2D eigenvalue weighted by molar-refractivity contribution is 5.78. The molecule has 27 heavy (non-hydrogen) atoms. The molecule has 4 rings (SSSR count). The molecule has 2 aliphatic heterocycles. The number of hydrogen-bond acceptors (Lipinski definition) is 3. The first kappa shape index (κ1) is 17.5. The number of carbonyl (C=O) groups excluding carboxylic acids is 2. The maximum absolute atomic E-state index is 13.4. The second kappa shape index (κ2) is 7.39. The van der Waals surface area contributed by atoms with Crippen molar-refractivity contribution >= 4 is 12.0 Å². The molecule has 1 fully saturated rings. The van der Waals surface area contributed by atoms with E-state index in [9.17, 15) is 14.0 Å². The van der Waals surface area contributed by atoms with Crippen LogP contribution in [0.25, 0.3) is 0 Å². The van der Waals surface area contributed by atoms with Gasteiger partial charge in [0.25, 0.3) is 0 Å². The van der Waals surface area contributed by atoms with Gasteiger partial charge in [0.2, 0.25) is 5.91 Å². The van der Waals surface area contributed by atoms with E-state index in [-0.39, 0.29) is 23.8 Å². The van der Waals surface area contributed by atoms with Crippen molar-refractivity contribution in [2.24, 2.45) is 0 Å². The van der Waals surface area contributed by atoms with Gasteiger partial charge in [-0.15, -0.1) is 0 Å². The second-order valence-electron chi connectivity index (χ2n) is 6.97. The lowest BCUT2D eigenvalue weighted by atomic mass is 9.88. The lowest BCUT2D eigenvalue weighted by Crippen LogP contribution is -2.41. The van der Waals surface area contributed by atoms with Gasteiger partial charge in [0, 0.05) is 13.0 Å². The topological polar surface area (TPSA) is 58.6 Å². The molecule has 2 atom stereocenters. The first-order chi connectivity index (χ1) is 13.1. The van der Waals surface area contributed by atoms with Gasteiger partial charge in [-0.05, 0) is 41.7 Å². The Balaban J connectivity index is 1.57. The molecule has 0 saturated carbocycles. The fourth-order valence-electron chi connectivity index (χ4n) is 3.86. The van der Waals surface area contributed by atoms with Crippen LogP contribution < -0.4 is 5.32 Å². The largest absolute Gasteiger partial charge is 0.447 e. The summed E-state index contributed by atoms with van der Waals surface area (Å²) in [5.74, 6) is -0.266. The standard InChI is InChI=1S/C21H21FN2O3/c22-16-7-5-15(6-8-16)20-18-4-2-1-3-14(18)11-12-24(20)19(25)10-9-17-13-27-21(26)23-17/h1-8,17,20H,9-13H2,(H,23,26)/t17-,20+/m1/s1. The van der Waals surface area contributed by atoms with E-state index in [1.807, 2.05) is 23.1 Å². The molecule has 0 bridgehead atoms. The van der Waals surface area contributed by atoms with E-state index in [1.165, 1.54) is 17.7 Å². The van der Waals surface area contributed by atoms with Gasteiger partial charge in [-0.3, -0.25) is 4.79 Å². The molecule has 6 heteroatoms. The molecule has 0 aromatic heterocycles. The number of fused-ring (bicyclic) bond motifs is 1. The Morgan fingerprint density at radius 3 is 2.70 bits per heavy atom. The number of nitrogens with zero attached hydrogens (tertiary/aromatic N) is 1. The molecule has 140 valence electrons. The molecule has 0 unspecified atom stereocenters. The predicted octanol–water partition coefficient (Wildman–Crippen LogP) is 3.19. The molecule has 2 heterocycles. The number of alkyl carbamates (subject to hydrolysis) is 1. The van der Waals surface area contributed by atoms with Crippen molar-refractivity contribution < 1.29 is 18.7 Å². The Bertz CT molecular complexity index is 853. The lowest BCUT2D eigenvalue weighted by molar-refractivity contribution is -0.133. The van der Waals surface area contributed by atoms with Crippen LogP contribution in [-0.2, 0) is 16.0 Å². The summed E-state index contributed by atoms with van der Waals surface area (Å²) in [6, 6.07) is 14.1. The summed E-state index contributed by atoms with van der Waals surface area (Å²) < 4.78 is 18.3. The minimum absolute atomic E-state index is 0.0278. The number of cyclic esters (lactones) is 1. The van der Waals surface area contributed by atoms with E-state index in [2.05, 4.69) is 11.4 Å². The molecular weight excluding hydrogens is 347 g/mol.